The number of halogens is 1. The molecule has 1 amide bonds. The van der Waals surface area contributed by atoms with Crippen molar-refractivity contribution in [3.8, 4) is 11.1 Å². The fourth-order valence-electron chi connectivity index (χ4n) is 3.70. The third-order valence-corrected chi connectivity index (χ3v) is 5.06. The van der Waals surface area contributed by atoms with Gasteiger partial charge in [0.2, 0.25) is 0 Å². The number of aliphatic carboxylic acids is 1. The molecule has 5 nitrogen and oxygen atoms in total. The molecule has 0 aromatic heterocycles. The number of ether oxygens (including phenoxy) is 1. The van der Waals surface area contributed by atoms with Gasteiger partial charge in [0.25, 0.3) is 0 Å². The topological polar surface area (TPSA) is 75.6 Å². The molecular formula is C23H18FNO4. The number of carbonyl (C=O) groups is 2. The number of hydrogen-bond acceptors (Lipinski definition) is 3. The highest BCUT2D eigenvalue weighted by atomic mass is 19.1. The number of fused-ring (bicyclic) bond motifs is 3. The van der Waals surface area contributed by atoms with Crippen molar-refractivity contribution in [2.24, 2.45) is 0 Å². The summed E-state index contributed by atoms with van der Waals surface area (Å²) in [4.78, 5) is 23.9. The van der Waals surface area contributed by atoms with Crippen LogP contribution in [0.4, 0.5) is 9.18 Å². The molecule has 0 fully saturated rings. The van der Waals surface area contributed by atoms with Gasteiger partial charge in [-0.25, -0.2) is 14.0 Å². The van der Waals surface area contributed by atoms with Gasteiger partial charge in [-0.05, 0) is 39.9 Å². The van der Waals surface area contributed by atoms with Crippen molar-refractivity contribution < 1.29 is 23.8 Å². The summed E-state index contributed by atoms with van der Waals surface area (Å²) in [5.74, 6) is -1.87. The van der Waals surface area contributed by atoms with Gasteiger partial charge in [0.05, 0.1) is 0 Å². The van der Waals surface area contributed by atoms with Gasteiger partial charge in [0.15, 0.2) is 6.04 Å². The second kappa shape index (κ2) is 7.75. The number of alkyl carbamates (subject to hydrolysis) is 1. The number of rotatable bonds is 5. The standard InChI is InChI=1S/C23H18FNO4/c24-15-11-9-14(10-12-15)21(22(26)27)25-23(28)29-13-20-18-7-3-1-5-16(18)17-6-2-4-8-19(17)20/h1-12,20-21H,13H2,(H,25,28)(H,26,27)/t21-/m1/s1. The number of nitrogens with one attached hydrogen (secondary N) is 1. The van der Waals surface area contributed by atoms with Gasteiger partial charge in [-0.2, -0.15) is 0 Å². The normalized spacial score (nSPS) is 13.3. The Morgan fingerprint density at radius 3 is 2.03 bits per heavy atom. The highest BCUT2D eigenvalue weighted by Gasteiger charge is 2.30. The van der Waals surface area contributed by atoms with E-state index in [2.05, 4.69) is 5.32 Å². The molecular weight excluding hydrogens is 373 g/mol. The van der Waals surface area contributed by atoms with Crippen LogP contribution < -0.4 is 5.32 Å². The van der Waals surface area contributed by atoms with Crippen molar-refractivity contribution in [2.45, 2.75) is 12.0 Å². The fourth-order valence-corrected chi connectivity index (χ4v) is 3.70. The van der Waals surface area contributed by atoms with Gasteiger partial charge in [-0.15, -0.1) is 0 Å². The zero-order valence-corrected chi connectivity index (χ0v) is 15.3. The van der Waals surface area contributed by atoms with E-state index < -0.39 is 23.9 Å². The van der Waals surface area contributed by atoms with Crippen molar-refractivity contribution in [2.75, 3.05) is 6.61 Å². The van der Waals surface area contributed by atoms with Crippen molar-refractivity contribution in [1.82, 2.24) is 5.32 Å². The van der Waals surface area contributed by atoms with Gasteiger partial charge in [-0.3, -0.25) is 0 Å². The Bertz CT molecular complexity index is 1020. The molecule has 0 saturated heterocycles. The summed E-state index contributed by atoms with van der Waals surface area (Å²) in [7, 11) is 0. The predicted molar refractivity (Wildman–Crippen MR) is 105 cm³/mol. The molecule has 0 bridgehead atoms. The molecule has 0 unspecified atom stereocenters. The van der Waals surface area contributed by atoms with Crippen molar-refractivity contribution in [3.05, 3.63) is 95.3 Å². The lowest BCUT2D eigenvalue weighted by molar-refractivity contribution is -0.139. The maximum absolute atomic E-state index is 13.1. The molecule has 6 heteroatoms. The van der Waals surface area contributed by atoms with Gasteiger partial charge >= 0.3 is 12.1 Å². The van der Waals surface area contributed by atoms with Crippen LogP contribution in [0.1, 0.15) is 28.7 Å². The highest BCUT2D eigenvalue weighted by molar-refractivity contribution is 5.82. The van der Waals surface area contributed by atoms with Gasteiger partial charge in [-0.1, -0.05) is 60.7 Å². The molecule has 1 atom stereocenters. The van der Waals surface area contributed by atoms with Crippen LogP contribution in [-0.4, -0.2) is 23.8 Å². The summed E-state index contributed by atoms with van der Waals surface area (Å²) < 4.78 is 18.5. The second-order valence-electron chi connectivity index (χ2n) is 6.79. The summed E-state index contributed by atoms with van der Waals surface area (Å²) in [6.45, 7) is 0.0790. The maximum Gasteiger partial charge on any atom is 0.408 e. The SMILES string of the molecule is O=C(N[C@@H](C(=O)O)c1ccc(F)cc1)OCC1c2ccccc2-c2ccccc21. The lowest BCUT2D eigenvalue weighted by Gasteiger charge is -2.17. The van der Waals surface area contributed by atoms with E-state index in [9.17, 15) is 19.1 Å². The molecule has 146 valence electrons. The number of amides is 1. The first-order chi connectivity index (χ1) is 14.0. The molecule has 29 heavy (non-hydrogen) atoms. The van der Waals surface area contributed by atoms with Gasteiger partial charge in [0.1, 0.15) is 12.4 Å². The molecule has 0 spiro atoms. The number of carboxylic acids is 1. The summed E-state index contributed by atoms with van der Waals surface area (Å²) in [6, 6.07) is 19.5. The van der Waals surface area contributed by atoms with Crippen molar-refractivity contribution >= 4 is 12.1 Å². The number of benzene rings is 3. The molecule has 0 aliphatic heterocycles. The van der Waals surface area contributed by atoms with Crippen LogP contribution in [0.2, 0.25) is 0 Å². The monoisotopic (exact) mass is 391 g/mol. The first-order valence-corrected chi connectivity index (χ1v) is 9.14. The number of carboxylic acid groups (broad SMARTS) is 1. The van der Waals surface area contributed by atoms with E-state index in [1.54, 1.807) is 0 Å². The minimum absolute atomic E-state index is 0.0790. The molecule has 1 aliphatic rings. The smallest absolute Gasteiger partial charge is 0.408 e. The Morgan fingerprint density at radius 1 is 0.931 bits per heavy atom. The van der Waals surface area contributed by atoms with Crippen LogP contribution in [0.3, 0.4) is 0 Å². The van der Waals surface area contributed by atoms with Crippen LogP contribution >= 0.6 is 0 Å². The quantitative estimate of drug-likeness (QED) is 0.672. The minimum atomic E-state index is -1.33. The lowest BCUT2D eigenvalue weighted by Crippen LogP contribution is -2.34. The third kappa shape index (κ3) is 3.69. The van der Waals surface area contributed by atoms with Crippen LogP contribution in [0.25, 0.3) is 11.1 Å². The molecule has 2 N–H and O–H groups in total. The van der Waals surface area contributed by atoms with E-state index in [0.29, 0.717) is 0 Å². The zero-order chi connectivity index (χ0) is 20.4. The summed E-state index contributed by atoms with van der Waals surface area (Å²) >= 11 is 0. The average molecular weight is 391 g/mol. The summed E-state index contributed by atoms with van der Waals surface area (Å²) in [6.07, 6.45) is -0.844. The average Bonchev–Trinajstić information content (AvgIpc) is 3.05. The van der Waals surface area contributed by atoms with Crippen molar-refractivity contribution in [3.63, 3.8) is 0 Å². The Kier molecular flexibility index (Phi) is 4.99. The van der Waals surface area contributed by atoms with E-state index in [4.69, 9.17) is 4.74 Å². The Balaban J connectivity index is 1.48. The minimum Gasteiger partial charge on any atom is -0.479 e. The zero-order valence-electron chi connectivity index (χ0n) is 15.3. The van der Waals surface area contributed by atoms with E-state index in [-0.39, 0.29) is 18.1 Å². The van der Waals surface area contributed by atoms with Gasteiger partial charge in [0, 0.05) is 5.92 Å². The van der Waals surface area contributed by atoms with E-state index >= 15 is 0 Å². The van der Waals surface area contributed by atoms with Gasteiger partial charge < -0.3 is 15.2 Å². The van der Waals surface area contributed by atoms with E-state index in [0.717, 1.165) is 34.4 Å². The number of hydrogen-bond donors (Lipinski definition) is 2. The second-order valence-corrected chi connectivity index (χ2v) is 6.79. The molecule has 0 heterocycles. The van der Waals surface area contributed by atoms with Crippen LogP contribution in [-0.2, 0) is 9.53 Å². The highest BCUT2D eigenvalue weighted by Crippen LogP contribution is 2.44. The first kappa shape index (κ1) is 18.7. The van der Waals surface area contributed by atoms with Crippen LogP contribution in [0.15, 0.2) is 72.8 Å². The lowest BCUT2D eigenvalue weighted by atomic mass is 9.98. The summed E-state index contributed by atoms with van der Waals surface area (Å²) in [5.41, 5.74) is 4.59. The maximum atomic E-state index is 13.1. The fraction of sp³-hybridized carbons (Fsp3) is 0.130. The third-order valence-electron chi connectivity index (χ3n) is 5.06. The van der Waals surface area contributed by atoms with Crippen LogP contribution in [0.5, 0.6) is 0 Å². The van der Waals surface area contributed by atoms with Crippen LogP contribution in [0, 0.1) is 5.82 Å². The van der Waals surface area contributed by atoms with E-state index in [1.165, 1.54) is 12.1 Å². The molecule has 4 rings (SSSR count). The molecule has 1 aliphatic carbocycles. The Morgan fingerprint density at radius 2 is 1.48 bits per heavy atom. The first-order valence-electron chi connectivity index (χ1n) is 9.14. The Labute approximate surface area is 166 Å². The van der Waals surface area contributed by atoms with E-state index in [1.807, 2.05) is 48.5 Å². The summed E-state index contributed by atoms with van der Waals surface area (Å²) in [5, 5.41) is 11.8. The molecule has 3 aromatic rings. The molecule has 0 saturated carbocycles. The Hall–Kier alpha value is -3.67. The van der Waals surface area contributed by atoms with Crippen molar-refractivity contribution in [1.29, 1.82) is 0 Å². The predicted octanol–water partition coefficient (Wildman–Crippen LogP) is 4.49. The largest absolute Gasteiger partial charge is 0.479 e. The molecule has 3 aromatic carbocycles. The number of carbonyl (C=O) groups excluding carboxylic acids is 1. The molecule has 0 radical (unpaired) electrons.